The van der Waals surface area contributed by atoms with Crippen molar-refractivity contribution in [2.45, 2.75) is 12.0 Å². The van der Waals surface area contributed by atoms with Crippen molar-refractivity contribution in [2.75, 3.05) is 38.1 Å². The third-order valence-corrected chi connectivity index (χ3v) is 8.13. The standard InChI is InChI=1S/C30H29ClN4O2/c1-32-19-25(22-7-5-6-10-26(22)32)28-27(23-8-3-4-9-24(23)29(36)33(28)2)30(37)35-17-15-34(16-18-35)21-13-11-20(31)12-14-21/h3-14,19,27-28H,15-18H2,1-2H3. The number of piperazine rings is 1. The number of nitrogens with zero attached hydrogens (tertiary/aromatic N) is 4. The van der Waals surface area contributed by atoms with Gasteiger partial charge in [-0.15, -0.1) is 0 Å². The normalized spacial score (nSPS) is 19.9. The first-order valence-electron chi connectivity index (χ1n) is 12.6. The summed E-state index contributed by atoms with van der Waals surface area (Å²) in [5.74, 6) is -0.461. The van der Waals surface area contributed by atoms with Crippen molar-refractivity contribution in [1.29, 1.82) is 0 Å². The van der Waals surface area contributed by atoms with Crippen LogP contribution in [0.25, 0.3) is 10.9 Å². The van der Waals surface area contributed by atoms with Crippen molar-refractivity contribution in [2.24, 2.45) is 7.05 Å². The maximum Gasteiger partial charge on any atom is 0.254 e. The van der Waals surface area contributed by atoms with E-state index < -0.39 is 12.0 Å². The highest BCUT2D eigenvalue weighted by molar-refractivity contribution is 6.30. The number of carbonyl (C=O) groups is 2. The van der Waals surface area contributed by atoms with Gasteiger partial charge in [0.2, 0.25) is 5.91 Å². The van der Waals surface area contributed by atoms with Crippen molar-refractivity contribution >= 4 is 40.0 Å². The van der Waals surface area contributed by atoms with E-state index >= 15 is 0 Å². The van der Waals surface area contributed by atoms with E-state index in [1.54, 1.807) is 4.90 Å². The van der Waals surface area contributed by atoms with Gasteiger partial charge < -0.3 is 19.3 Å². The summed E-state index contributed by atoms with van der Waals surface area (Å²) < 4.78 is 2.08. The number of fused-ring (bicyclic) bond motifs is 2. The van der Waals surface area contributed by atoms with E-state index in [0.29, 0.717) is 23.7 Å². The molecule has 0 aliphatic carbocycles. The minimum atomic E-state index is -0.480. The number of hydrogen-bond donors (Lipinski definition) is 0. The molecule has 3 aromatic carbocycles. The topological polar surface area (TPSA) is 48.8 Å². The molecule has 4 aromatic rings. The number of para-hydroxylation sites is 1. The molecule has 2 amide bonds. The van der Waals surface area contributed by atoms with Gasteiger partial charge in [0, 0.05) is 79.2 Å². The highest BCUT2D eigenvalue weighted by Gasteiger charge is 2.45. The molecule has 3 heterocycles. The second-order valence-electron chi connectivity index (χ2n) is 9.93. The Morgan fingerprint density at radius 2 is 1.51 bits per heavy atom. The molecule has 0 radical (unpaired) electrons. The molecule has 1 aromatic heterocycles. The molecule has 6 nitrogen and oxygen atoms in total. The number of rotatable bonds is 3. The van der Waals surface area contributed by atoms with Crippen LogP contribution in [-0.4, -0.2) is 59.4 Å². The van der Waals surface area contributed by atoms with Crippen LogP contribution in [0.4, 0.5) is 5.69 Å². The van der Waals surface area contributed by atoms with E-state index in [-0.39, 0.29) is 11.8 Å². The lowest BCUT2D eigenvalue weighted by molar-refractivity contribution is -0.134. The molecule has 188 valence electrons. The van der Waals surface area contributed by atoms with E-state index in [2.05, 4.69) is 27.8 Å². The monoisotopic (exact) mass is 512 g/mol. The Labute approximate surface area is 221 Å². The lowest BCUT2D eigenvalue weighted by Crippen LogP contribution is -2.53. The third-order valence-electron chi connectivity index (χ3n) is 7.88. The highest BCUT2D eigenvalue weighted by Crippen LogP contribution is 2.45. The summed E-state index contributed by atoms with van der Waals surface area (Å²) in [6.45, 7) is 2.74. The lowest BCUT2D eigenvalue weighted by atomic mass is 9.79. The van der Waals surface area contributed by atoms with Gasteiger partial charge >= 0.3 is 0 Å². The number of aromatic nitrogens is 1. The summed E-state index contributed by atoms with van der Waals surface area (Å²) in [6, 6.07) is 23.2. The predicted molar refractivity (Wildman–Crippen MR) is 147 cm³/mol. The fourth-order valence-corrected chi connectivity index (χ4v) is 6.10. The van der Waals surface area contributed by atoms with E-state index in [0.717, 1.165) is 40.8 Å². The van der Waals surface area contributed by atoms with Gasteiger partial charge in [0.1, 0.15) is 0 Å². The zero-order chi connectivity index (χ0) is 25.7. The number of likely N-dealkylation sites (N-methyl/N-ethyl adjacent to an activating group) is 1. The summed E-state index contributed by atoms with van der Waals surface area (Å²) in [6.07, 6.45) is 2.08. The van der Waals surface area contributed by atoms with Gasteiger partial charge in [0.05, 0.1) is 12.0 Å². The molecule has 37 heavy (non-hydrogen) atoms. The minimum Gasteiger partial charge on any atom is -0.368 e. The average molecular weight is 513 g/mol. The maximum absolute atomic E-state index is 14.3. The fraction of sp³-hybridized carbons (Fsp3) is 0.267. The van der Waals surface area contributed by atoms with Gasteiger partial charge in [-0.25, -0.2) is 0 Å². The molecule has 0 saturated carbocycles. The first-order valence-corrected chi connectivity index (χ1v) is 13.0. The Bertz CT molecular complexity index is 1490. The average Bonchev–Trinajstić information content (AvgIpc) is 3.27. The van der Waals surface area contributed by atoms with Crippen LogP contribution < -0.4 is 4.90 Å². The smallest absolute Gasteiger partial charge is 0.254 e. The van der Waals surface area contributed by atoms with Crippen LogP contribution in [0, 0.1) is 0 Å². The molecule has 2 atom stereocenters. The zero-order valence-corrected chi connectivity index (χ0v) is 21.7. The van der Waals surface area contributed by atoms with Crippen molar-refractivity contribution in [3.63, 3.8) is 0 Å². The molecule has 6 rings (SSSR count). The summed E-state index contributed by atoms with van der Waals surface area (Å²) in [7, 11) is 3.83. The quantitative estimate of drug-likeness (QED) is 0.384. The van der Waals surface area contributed by atoms with Crippen molar-refractivity contribution in [1.82, 2.24) is 14.4 Å². The van der Waals surface area contributed by atoms with Crippen LogP contribution in [-0.2, 0) is 11.8 Å². The number of hydrogen-bond acceptors (Lipinski definition) is 3. The Hall–Kier alpha value is -3.77. The molecule has 1 fully saturated rings. The zero-order valence-electron chi connectivity index (χ0n) is 21.0. The molecule has 1 saturated heterocycles. The minimum absolute atomic E-state index is 0.0508. The van der Waals surface area contributed by atoms with Gasteiger partial charge in [-0.1, -0.05) is 48.0 Å². The van der Waals surface area contributed by atoms with Gasteiger partial charge in [-0.05, 0) is 42.0 Å². The number of anilines is 1. The summed E-state index contributed by atoms with van der Waals surface area (Å²) in [5, 5.41) is 1.78. The SMILES string of the molecule is CN1C(=O)c2ccccc2C(C(=O)N2CCN(c3ccc(Cl)cc3)CC2)C1c1cn(C)c2ccccc12. The number of aryl methyl sites for hydroxylation is 1. The first kappa shape index (κ1) is 23.6. The first-order chi connectivity index (χ1) is 17.9. The van der Waals surface area contributed by atoms with Crippen LogP contribution in [0.2, 0.25) is 5.02 Å². The molecule has 0 N–H and O–H groups in total. The summed E-state index contributed by atoms with van der Waals surface area (Å²) in [5.41, 5.74) is 4.62. The van der Waals surface area contributed by atoms with Gasteiger partial charge in [-0.2, -0.15) is 0 Å². The maximum atomic E-state index is 14.3. The molecule has 7 heteroatoms. The van der Waals surface area contributed by atoms with Crippen LogP contribution >= 0.6 is 11.6 Å². The number of amides is 2. The Balaban J connectivity index is 1.37. The second kappa shape index (κ2) is 9.27. The summed E-state index contributed by atoms with van der Waals surface area (Å²) >= 11 is 6.07. The Morgan fingerprint density at radius 1 is 0.838 bits per heavy atom. The second-order valence-corrected chi connectivity index (χ2v) is 10.4. The lowest BCUT2D eigenvalue weighted by Gasteiger charge is -2.43. The van der Waals surface area contributed by atoms with E-state index in [4.69, 9.17) is 11.6 Å². The highest BCUT2D eigenvalue weighted by atomic mass is 35.5. The summed E-state index contributed by atoms with van der Waals surface area (Å²) in [4.78, 5) is 33.8. The van der Waals surface area contributed by atoms with Crippen molar-refractivity contribution in [3.05, 3.63) is 101 Å². The van der Waals surface area contributed by atoms with Crippen molar-refractivity contribution in [3.8, 4) is 0 Å². The van der Waals surface area contributed by atoms with Gasteiger partial charge in [0.15, 0.2) is 0 Å². The van der Waals surface area contributed by atoms with Gasteiger partial charge in [0.25, 0.3) is 5.91 Å². The molecule has 0 spiro atoms. The number of benzene rings is 3. The molecular formula is C30H29ClN4O2. The van der Waals surface area contributed by atoms with E-state index in [1.165, 1.54) is 0 Å². The molecular weight excluding hydrogens is 484 g/mol. The van der Waals surface area contributed by atoms with Crippen LogP contribution in [0.15, 0.2) is 79.0 Å². The Kier molecular flexibility index (Phi) is 5.92. The van der Waals surface area contributed by atoms with Crippen LogP contribution in [0.5, 0.6) is 0 Å². The Morgan fingerprint density at radius 3 is 2.27 bits per heavy atom. The number of halogens is 1. The fourth-order valence-electron chi connectivity index (χ4n) is 5.97. The number of carbonyl (C=O) groups excluding carboxylic acids is 2. The third kappa shape index (κ3) is 3.96. The van der Waals surface area contributed by atoms with Crippen LogP contribution in [0.1, 0.15) is 33.4 Å². The molecule has 2 aliphatic heterocycles. The molecule has 0 bridgehead atoms. The largest absolute Gasteiger partial charge is 0.368 e. The van der Waals surface area contributed by atoms with E-state index in [1.807, 2.05) is 79.7 Å². The molecule has 2 unspecified atom stereocenters. The molecule has 2 aliphatic rings. The predicted octanol–water partition coefficient (Wildman–Crippen LogP) is 5.09. The van der Waals surface area contributed by atoms with Crippen molar-refractivity contribution < 1.29 is 9.59 Å². The van der Waals surface area contributed by atoms with Gasteiger partial charge in [-0.3, -0.25) is 9.59 Å². The van der Waals surface area contributed by atoms with Crippen LogP contribution in [0.3, 0.4) is 0 Å². The van der Waals surface area contributed by atoms with E-state index in [9.17, 15) is 9.59 Å².